The van der Waals surface area contributed by atoms with Crippen molar-refractivity contribution in [3.63, 3.8) is 0 Å². The zero-order valence-corrected chi connectivity index (χ0v) is 11.2. The maximum Gasteiger partial charge on any atom is 0.372 e. The van der Waals surface area contributed by atoms with Gasteiger partial charge in [0.2, 0.25) is 5.82 Å². The number of hydrogen-bond donors (Lipinski definition) is 1. The number of anilines is 1. The molecule has 0 amide bonds. The van der Waals surface area contributed by atoms with Gasteiger partial charge in [-0.15, -0.1) is 6.58 Å². The van der Waals surface area contributed by atoms with Crippen LogP contribution in [0.3, 0.4) is 0 Å². The van der Waals surface area contributed by atoms with Crippen molar-refractivity contribution in [1.29, 1.82) is 0 Å². The molecule has 7 nitrogen and oxygen atoms in total. The van der Waals surface area contributed by atoms with Gasteiger partial charge in [-0.2, -0.15) is 4.98 Å². The predicted molar refractivity (Wildman–Crippen MR) is 72.5 cm³/mol. The van der Waals surface area contributed by atoms with E-state index >= 15 is 0 Å². The minimum absolute atomic E-state index is 0.0116. The molecule has 0 fully saturated rings. The van der Waals surface area contributed by atoms with Gasteiger partial charge in [-0.1, -0.05) is 13.0 Å². The van der Waals surface area contributed by atoms with Gasteiger partial charge in [0.25, 0.3) is 5.88 Å². The molecular formula is C12H18N4O3. The molecule has 7 heteroatoms. The summed E-state index contributed by atoms with van der Waals surface area (Å²) < 4.78 is 5.25. The van der Waals surface area contributed by atoms with E-state index < -0.39 is 4.92 Å². The van der Waals surface area contributed by atoms with Gasteiger partial charge < -0.3 is 10.1 Å². The Hall–Kier alpha value is -2.18. The molecule has 0 radical (unpaired) electrons. The van der Waals surface area contributed by atoms with Crippen LogP contribution < -0.4 is 10.1 Å². The summed E-state index contributed by atoms with van der Waals surface area (Å²) in [6, 6.07) is 0. The van der Waals surface area contributed by atoms with Crippen LogP contribution in [-0.2, 0) is 6.42 Å². The van der Waals surface area contributed by atoms with Crippen LogP contribution in [0, 0.1) is 10.1 Å². The van der Waals surface area contributed by atoms with Crippen molar-refractivity contribution in [3.8, 4) is 5.88 Å². The van der Waals surface area contributed by atoms with Crippen LogP contribution >= 0.6 is 0 Å². The zero-order valence-electron chi connectivity index (χ0n) is 11.2. The van der Waals surface area contributed by atoms with Crippen LogP contribution in [-0.4, -0.2) is 28.0 Å². The first-order valence-corrected chi connectivity index (χ1v) is 6.16. The van der Waals surface area contributed by atoms with Crippen molar-refractivity contribution in [2.45, 2.75) is 26.7 Å². The second-order valence-corrected chi connectivity index (χ2v) is 3.75. The van der Waals surface area contributed by atoms with Crippen molar-refractivity contribution in [1.82, 2.24) is 9.97 Å². The van der Waals surface area contributed by atoms with E-state index in [1.165, 1.54) is 0 Å². The van der Waals surface area contributed by atoms with Crippen molar-refractivity contribution in [3.05, 3.63) is 28.6 Å². The first-order chi connectivity index (χ1) is 9.13. The molecule has 0 aromatic carbocycles. The Balaban J connectivity index is 3.27. The standard InChI is InChI=1S/C12H18N4O3/c1-4-7-9-14-11(13-8-5-2)10(16(17)18)12(15-9)19-6-3/h5H,2,4,6-8H2,1,3H3,(H,13,14,15). The molecule has 1 heterocycles. The summed E-state index contributed by atoms with van der Waals surface area (Å²) in [5.74, 6) is 0.715. The SMILES string of the molecule is C=CCNc1nc(CCC)nc(OCC)c1[N+](=O)[O-]. The molecule has 19 heavy (non-hydrogen) atoms. The van der Waals surface area contributed by atoms with E-state index in [2.05, 4.69) is 21.9 Å². The summed E-state index contributed by atoms with van der Waals surface area (Å²) >= 11 is 0. The summed E-state index contributed by atoms with van der Waals surface area (Å²) in [6.07, 6.45) is 3.09. The van der Waals surface area contributed by atoms with Gasteiger partial charge in [0.05, 0.1) is 11.5 Å². The Morgan fingerprint density at radius 2 is 2.21 bits per heavy atom. The molecule has 0 unspecified atom stereocenters. The normalized spacial score (nSPS) is 10.0. The monoisotopic (exact) mass is 266 g/mol. The second kappa shape index (κ2) is 7.30. The third kappa shape index (κ3) is 3.90. The number of nitrogens with one attached hydrogen (secondary N) is 1. The average molecular weight is 266 g/mol. The fourth-order valence-corrected chi connectivity index (χ4v) is 1.51. The van der Waals surface area contributed by atoms with Crippen LogP contribution in [0.25, 0.3) is 0 Å². The van der Waals surface area contributed by atoms with Crippen LogP contribution in [0.4, 0.5) is 11.5 Å². The lowest BCUT2D eigenvalue weighted by atomic mass is 10.3. The van der Waals surface area contributed by atoms with Gasteiger partial charge in [0.15, 0.2) is 0 Å². The molecule has 1 aromatic heterocycles. The molecule has 0 aliphatic rings. The van der Waals surface area contributed by atoms with Crippen LogP contribution in [0.1, 0.15) is 26.1 Å². The average Bonchev–Trinajstić information content (AvgIpc) is 2.36. The van der Waals surface area contributed by atoms with E-state index in [-0.39, 0.29) is 17.4 Å². The van der Waals surface area contributed by atoms with Gasteiger partial charge in [-0.3, -0.25) is 10.1 Å². The Morgan fingerprint density at radius 1 is 1.47 bits per heavy atom. The molecule has 1 aromatic rings. The molecule has 1 N–H and O–H groups in total. The summed E-state index contributed by atoms with van der Waals surface area (Å²) in [5.41, 5.74) is -0.233. The summed E-state index contributed by atoms with van der Waals surface area (Å²) in [6.45, 7) is 7.99. The number of nitrogens with zero attached hydrogens (tertiary/aromatic N) is 3. The van der Waals surface area contributed by atoms with Gasteiger partial charge in [-0.25, -0.2) is 4.98 Å². The first kappa shape index (κ1) is 14.9. The molecule has 0 aliphatic heterocycles. The molecule has 1 rings (SSSR count). The number of aromatic nitrogens is 2. The number of aryl methyl sites for hydroxylation is 1. The largest absolute Gasteiger partial charge is 0.473 e. The summed E-state index contributed by atoms with van der Waals surface area (Å²) in [7, 11) is 0. The quantitative estimate of drug-likeness (QED) is 0.441. The third-order valence-electron chi connectivity index (χ3n) is 2.25. The van der Waals surface area contributed by atoms with E-state index in [1.807, 2.05) is 6.92 Å². The number of ether oxygens (including phenoxy) is 1. The molecular weight excluding hydrogens is 248 g/mol. The smallest absolute Gasteiger partial charge is 0.372 e. The second-order valence-electron chi connectivity index (χ2n) is 3.75. The van der Waals surface area contributed by atoms with Crippen LogP contribution in [0.15, 0.2) is 12.7 Å². The van der Waals surface area contributed by atoms with E-state index in [0.717, 1.165) is 6.42 Å². The molecule has 0 atom stereocenters. The lowest BCUT2D eigenvalue weighted by Crippen LogP contribution is -2.10. The first-order valence-electron chi connectivity index (χ1n) is 6.16. The molecule has 0 saturated heterocycles. The Bertz CT molecular complexity index is 463. The van der Waals surface area contributed by atoms with Crippen molar-refractivity contribution in [2.24, 2.45) is 0 Å². The zero-order chi connectivity index (χ0) is 14.3. The fourth-order valence-electron chi connectivity index (χ4n) is 1.51. The molecule has 0 saturated carbocycles. The highest BCUT2D eigenvalue weighted by atomic mass is 16.6. The predicted octanol–water partition coefficient (Wildman–Crippen LogP) is 2.33. The molecule has 0 aliphatic carbocycles. The Kier molecular flexibility index (Phi) is 5.72. The number of rotatable bonds is 8. The topological polar surface area (TPSA) is 90.2 Å². The number of hydrogen-bond acceptors (Lipinski definition) is 6. The van der Waals surface area contributed by atoms with Gasteiger partial charge in [0.1, 0.15) is 5.82 Å². The van der Waals surface area contributed by atoms with Crippen molar-refractivity contribution < 1.29 is 9.66 Å². The van der Waals surface area contributed by atoms with E-state index in [9.17, 15) is 10.1 Å². The third-order valence-corrected chi connectivity index (χ3v) is 2.25. The Labute approximate surface area is 111 Å². The molecule has 104 valence electrons. The lowest BCUT2D eigenvalue weighted by Gasteiger charge is -2.10. The van der Waals surface area contributed by atoms with E-state index in [1.54, 1.807) is 13.0 Å². The highest BCUT2D eigenvalue weighted by Crippen LogP contribution is 2.32. The Morgan fingerprint density at radius 3 is 2.74 bits per heavy atom. The molecule has 0 bridgehead atoms. The maximum absolute atomic E-state index is 11.1. The van der Waals surface area contributed by atoms with Crippen molar-refractivity contribution >= 4 is 11.5 Å². The lowest BCUT2D eigenvalue weighted by molar-refractivity contribution is -0.385. The van der Waals surface area contributed by atoms with Gasteiger partial charge in [0, 0.05) is 13.0 Å². The highest BCUT2D eigenvalue weighted by Gasteiger charge is 2.25. The minimum atomic E-state index is -0.536. The summed E-state index contributed by atoms with van der Waals surface area (Å²) in [5, 5.41) is 14.0. The minimum Gasteiger partial charge on any atom is -0.473 e. The maximum atomic E-state index is 11.1. The van der Waals surface area contributed by atoms with Gasteiger partial charge >= 0.3 is 5.69 Å². The van der Waals surface area contributed by atoms with Gasteiger partial charge in [-0.05, 0) is 13.3 Å². The fraction of sp³-hybridized carbons (Fsp3) is 0.500. The van der Waals surface area contributed by atoms with Crippen LogP contribution in [0.5, 0.6) is 5.88 Å². The van der Waals surface area contributed by atoms with Crippen LogP contribution in [0.2, 0.25) is 0 Å². The van der Waals surface area contributed by atoms with E-state index in [4.69, 9.17) is 4.74 Å². The number of nitro groups is 1. The molecule has 0 spiro atoms. The van der Waals surface area contributed by atoms with Crippen molar-refractivity contribution in [2.75, 3.05) is 18.5 Å². The highest BCUT2D eigenvalue weighted by molar-refractivity contribution is 5.62. The summed E-state index contributed by atoms with van der Waals surface area (Å²) in [4.78, 5) is 18.9. The van der Waals surface area contributed by atoms with E-state index in [0.29, 0.717) is 25.4 Å².